The number of nitrogens with zero attached hydrogens (tertiary/aromatic N) is 2. The second kappa shape index (κ2) is 7.94. The Kier molecular flexibility index (Phi) is 6.23. The Morgan fingerprint density at radius 2 is 2.05 bits per heavy atom. The summed E-state index contributed by atoms with van der Waals surface area (Å²) < 4.78 is 25.3. The van der Waals surface area contributed by atoms with Crippen LogP contribution < -0.4 is 9.62 Å². The largest absolute Gasteiger partial charge is 0.370 e. The van der Waals surface area contributed by atoms with Crippen LogP contribution in [0.1, 0.15) is 19.3 Å². The van der Waals surface area contributed by atoms with E-state index in [9.17, 15) is 8.42 Å². The summed E-state index contributed by atoms with van der Waals surface area (Å²) in [6.07, 6.45) is 3.03. The third kappa shape index (κ3) is 4.97. The van der Waals surface area contributed by atoms with E-state index < -0.39 is 10.0 Å². The predicted molar refractivity (Wildman–Crippen MR) is 91.8 cm³/mol. The molecule has 1 aliphatic heterocycles. The molecule has 0 spiro atoms. The van der Waals surface area contributed by atoms with Gasteiger partial charge in [-0.3, -0.25) is 0 Å². The van der Waals surface area contributed by atoms with Crippen molar-refractivity contribution in [2.45, 2.75) is 25.3 Å². The molecule has 124 valence electrons. The van der Waals surface area contributed by atoms with Gasteiger partial charge in [-0.25, -0.2) is 13.1 Å². The SMILES string of the molecule is CNS(=O)(=O)CCCN(C)[C@@H]1CCCN(c2ccccc2)C1. The molecule has 1 saturated heterocycles. The number of likely N-dealkylation sites (N-methyl/N-ethyl adjacent to an activating group) is 1. The van der Waals surface area contributed by atoms with Crippen molar-refractivity contribution in [3.63, 3.8) is 0 Å². The Hall–Kier alpha value is -1.11. The van der Waals surface area contributed by atoms with E-state index in [1.807, 2.05) is 6.07 Å². The third-order valence-corrected chi connectivity index (χ3v) is 5.82. The van der Waals surface area contributed by atoms with Crippen molar-refractivity contribution in [2.24, 2.45) is 0 Å². The van der Waals surface area contributed by atoms with Crippen molar-refractivity contribution in [1.29, 1.82) is 0 Å². The number of piperidine rings is 1. The fourth-order valence-corrected chi connectivity index (χ4v) is 3.69. The molecule has 5 nitrogen and oxygen atoms in total. The summed E-state index contributed by atoms with van der Waals surface area (Å²) in [5.41, 5.74) is 1.28. The quantitative estimate of drug-likeness (QED) is 0.826. The number of nitrogens with one attached hydrogen (secondary N) is 1. The first kappa shape index (κ1) is 17.2. The highest BCUT2D eigenvalue weighted by Crippen LogP contribution is 2.21. The molecule has 1 aromatic rings. The van der Waals surface area contributed by atoms with Crippen LogP contribution >= 0.6 is 0 Å². The van der Waals surface area contributed by atoms with E-state index in [4.69, 9.17) is 0 Å². The van der Waals surface area contributed by atoms with Gasteiger partial charge in [0.25, 0.3) is 0 Å². The van der Waals surface area contributed by atoms with E-state index in [0.717, 1.165) is 19.6 Å². The molecule has 1 heterocycles. The van der Waals surface area contributed by atoms with Crippen LogP contribution in [0.25, 0.3) is 0 Å². The van der Waals surface area contributed by atoms with E-state index in [2.05, 4.69) is 45.8 Å². The van der Waals surface area contributed by atoms with Crippen molar-refractivity contribution < 1.29 is 8.42 Å². The van der Waals surface area contributed by atoms with Crippen LogP contribution in [0, 0.1) is 0 Å². The van der Waals surface area contributed by atoms with Crippen molar-refractivity contribution in [3.05, 3.63) is 30.3 Å². The average molecular weight is 325 g/mol. The van der Waals surface area contributed by atoms with Gasteiger partial charge in [0.1, 0.15) is 0 Å². The van der Waals surface area contributed by atoms with Crippen LogP contribution in [-0.2, 0) is 10.0 Å². The Balaban J connectivity index is 1.84. The summed E-state index contributed by atoms with van der Waals surface area (Å²) >= 11 is 0. The van der Waals surface area contributed by atoms with Crippen LogP contribution in [0.2, 0.25) is 0 Å². The van der Waals surface area contributed by atoms with Gasteiger partial charge >= 0.3 is 0 Å². The molecular formula is C16H27N3O2S. The predicted octanol–water partition coefficient (Wildman–Crippen LogP) is 1.53. The van der Waals surface area contributed by atoms with Crippen LogP contribution in [0.3, 0.4) is 0 Å². The average Bonchev–Trinajstić information content (AvgIpc) is 2.55. The zero-order chi connectivity index (χ0) is 16.0. The number of benzene rings is 1. The molecule has 6 heteroatoms. The van der Waals surface area contributed by atoms with Crippen molar-refractivity contribution in [3.8, 4) is 0 Å². The summed E-state index contributed by atoms with van der Waals surface area (Å²) in [5, 5.41) is 0. The van der Waals surface area contributed by atoms with Gasteiger partial charge in [0.2, 0.25) is 10.0 Å². The van der Waals surface area contributed by atoms with Crippen molar-refractivity contribution in [1.82, 2.24) is 9.62 Å². The first-order valence-electron chi connectivity index (χ1n) is 7.93. The number of rotatable bonds is 7. The topological polar surface area (TPSA) is 52.7 Å². The molecule has 1 atom stereocenters. The molecule has 0 radical (unpaired) electrons. The highest BCUT2D eigenvalue weighted by molar-refractivity contribution is 7.89. The lowest BCUT2D eigenvalue weighted by Gasteiger charge is -2.39. The monoisotopic (exact) mass is 325 g/mol. The van der Waals surface area contributed by atoms with E-state index >= 15 is 0 Å². The number of hydrogen-bond donors (Lipinski definition) is 1. The van der Waals surface area contributed by atoms with E-state index in [0.29, 0.717) is 12.5 Å². The zero-order valence-corrected chi connectivity index (χ0v) is 14.3. The van der Waals surface area contributed by atoms with Crippen molar-refractivity contribution >= 4 is 15.7 Å². The highest BCUT2D eigenvalue weighted by atomic mass is 32.2. The molecule has 1 aromatic carbocycles. The molecule has 1 fully saturated rings. The molecule has 0 aromatic heterocycles. The van der Waals surface area contributed by atoms with Gasteiger partial charge in [-0.1, -0.05) is 18.2 Å². The molecule has 1 N–H and O–H groups in total. The molecule has 22 heavy (non-hydrogen) atoms. The maximum atomic E-state index is 11.5. The summed E-state index contributed by atoms with van der Waals surface area (Å²) in [5.74, 6) is 0.197. The van der Waals surface area contributed by atoms with Gasteiger partial charge in [-0.05, 0) is 52.0 Å². The number of anilines is 1. The van der Waals surface area contributed by atoms with E-state index in [1.165, 1.54) is 25.6 Å². The van der Waals surface area contributed by atoms with Gasteiger partial charge in [0, 0.05) is 24.8 Å². The molecule has 0 saturated carbocycles. The van der Waals surface area contributed by atoms with E-state index in [1.54, 1.807) is 0 Å². The van der Waals surface area contributed by atoms with Crippen LogP contribution in [0.5, 0.6) is 0 Å². The van der Waals surface area contributed by atoms with Crippen LogP contribution in [0.4, 0.5) is 5.69 Å². The maximum Gasteiger partial charge on any atom is 0.211 e. The van der Waals surface area contributed by atoms with Gasteiger partial charge in [0.15, 0.2) is 0 Å². The smallest absolute Gasteiger partial charge is 0.211 e. The normalized spacial score (nSPS) is 19.6. The minimum absolute atomic E-state index is 0.197. The Bertz CT molecular complexity index is 548. The fraction of sp³-hybridized carbons (Fsp3) is 0.625. The summed E-state index contributed by atoms with van der Waals surface area (Å²) in [7, 11) is 0.486. The molecule has 0 unspecified atom stereocenters. The Morgan fingerprint density at radius 1 is 1.32 bits per heavy atom. The molecule has 1 aliphatic rings. The first-order valence-corrected chi connectivity index (χ1v) is 9.58. The zero-order valence-electron chi connectivity index (χ0n) is 13.5. The first-order chi connectivity index (χ1) is 10.5. The molecule has 0 aliphatic carbocycles. The Morgan fingerprint density at radius 3 is 2.73 bits per heavy atom. The molecule has 2 rings (SSSR count). The summed E-state index contributed by atoms with van der Waals surface area (Å²) in [6.45, 7) is 2.93. The lowest BCUT2D eigenvalue weighted by molar-refractivity contribution is 0.216. The second-order valence-corrected chi connectivity index (χ2v) is 7.98. The highest BCUT2D eigenvalue weighted by Gasteiger charge is 2.23. The second-order valence-electron chi connectivity index (χ2n) is 5.93. The van der Waals surface area contributed by atoms with Crippen LogP contribution in [-0.4, -0.2) is 58.8 Å². The summed E-state index contributed by atoms with van der Waals surface area (Å²) in [4.78, 5) is 4.73. The van der Waals surface area contributed by atoms with Gasteiger partial charge in [0.05, 0.1) is 5.75 Å². The van der Waals surface area contributed by atoms with Gasteiger partial charge < -0.3 is 9.80 Å². The number of sulfonamides is 1. The van der Waals surface area contributed by atoms with Gasteiger partial charge in [-0.15, -0.1) is 0 Å². The summed E-state index contributed by atoms with van der Waals surface area (Å²) in [6, 6.07) is 11.0. The molecule has 0 bridgehead atoms. The minimum Gasteiger partial charge on any atom is -0.370 e. The lowest BCUT2D eigenvalue weighted by atomic mass is 10.0. The number of para-hydroxylation sites is 1. The number of hydrogen-bond acceptors (Lipinski definition) is 4. The van der Waals surface area contributed by atoms with Crippen LogP contribution in [0.15, 0.2) is 30.3 Å². The maximum absolute atomic E-state index is 11.5. The standard InChI is InChI=1S/C16H27N3O2S/c1-17-22(20,21)13-7-11-18(2)16-10-6-12-19(14-16)15-8-4-3-5-9-15/h3-5,8-9,16-17H,6-7,10-14H2,1-2H3/t16-/m1/s1. The Labute approximate surface area is 134 Å². The molecule has 0 amide bonds. The van der Waals surface area contributed by atoms with E-state index in [-0.39, 0.29) is 5.75 Å². The minimum atomic E-state index is -3.09. The van der Waals surface area contributed by atoms with Crippen molar-refractivity contribution in [2.75, 3.05) is 44.4 Å². The molecular weight excluding hydrogens is 298 g/mol. The fourth-order valence-electron chi connectivity index (χ4n) is 2.98. The van der Waals surface area contributed by atoms with Gasteiger partial charge in [-0.2, -0.15) is 0 Å². The third-order valence-electron chi connectivity index (χ3n) is 4.38. The lowest BCUT2D eigenvalue weighted by Crippen LogP contribution is -2.47.